The smallest absolute Gasteiger partial charge is 0.0322 e. The van der Waals surface area contributed by atoms with E-state index in [4.69, 9.17) is 5.84 Å². The summed E-state index contributed by atoms with van der Waals surface area (Å²) < 4.78 is 0. The third-order valence-corrected chi connectivity index (χ3v) is 4.54. The second kappa shape index (κ2) is 5.39. The Kier molecular flexibility index (Phi) is 3.60. The number of rotatable bonds is 4. The van der Waals surface area contributed by atoms with Crippen LogP contribution in [0.25, 0.3) is 0 Å². The van der Waals surface area contributed by atoms with Gasteiger partial charge in [-0.05, 0) is 48.9 Å². The first-order valence-electron chi connectivity index (χ1n) is 7.29. The fraction of sp³-hybridized carbons (Fsp3) is 0.333. The van der Waals surface area contributed by atoms with Gasteiger partial charge in [-0.25, -0.2) is 0 Å². The molecule has 2 atom stereocenters. The second-order valence-electron chi connectivity index (χ2n) is 5.92. The highest BCUT2D eigenvalue weighted by Crippen LogP contribution is 2.38. The fourth-order valence-electron chi connectivity index (χ4n) is 3.23. The zero-order valence-electron chi connectivity index (χ0n) is 12.2. The molecule has 0 aromatic heterocycles. The van der Waals surface area contributed by atoms with Crippen molar-refractivity contribution in [1.82, 2.24) is 5.43 Å². The molecule has 1 aliphatic rings. The summed E-state index contributed by atoms with van der Waals surface area (Å²) in [6.07, 6.45) is 2.12. The number of fused-ring (bicyclic) bond motifs is 1. The average molecular weight is 266 g/mol. The summed E-state index contributed by atoms with van der Waals surface area (Å²) in [7, 11) is 0. The van der Waals surface area contributed by atoms with Gasteiger partial charge in [0.25, 0.3) is 0 Å². The zero-order valence-corrected chi connectivity index (χ0v) is 12.2. The Hall–Kier alpha value is -1.64. The Labute approximate surface area is 121 Å². The minimum atomic E-state index is 0.311. The van der Waals surface area contributed by atoms with Crippen LogP contribution in [-0.2, 0) is 12.8 Å². The molecule has 104 valence electrons. The van der Waals surface area contributed by atoms with Crippen molar-refractivity contribution in [2.45, 2.75) is 38.6 Å². The molecule has 0 heterocycles. The zero-order chi connectivity index (χ0) is 14.1. The molecule has 20 heavy (non-hydrogen) atoms. The van der Waals surface area contributed by atoms with Crippen molar-refractivity contribution in [1.29, 1.82) is 0 Å². The Morgan fingerprint density at radius 1 is 1.20 bits per heavy atom. The highest BCUT2D eigenvalue weighted by Gasteiger charge is 2.32. The highest BCUT2D eigenvalue weighted by molar-refractivity contribution is 5.42. The van der Waals surface area contributed by atoms with Gasteiger partial charge in [-0.15, -0.1) is 0 Å². The van der Waals surface area contributed by atoms with E-state index in [9.17, 15) is 0 Å². The molecule has 0 saturated heterocycles. The number of hydrogen-bond donors (Lipinski definition) is 2. The van der Waals surface area contributed by atoms with E-state index in [1.54, 1.807) is 0 Å². The molecule has 2 aromatic carbocycles. The molecule has 0 spiro atoms. The van der Waals surface area contributed by atoms with Gasteiger partial charge in [0.05, 0.1) is 0 Å². The van der Waals surface area contributed by atoms with Gasteiger partial charge in [0.2, 0.25) is 0 Å². The minimum Gasteiger partial charge on any atom is -0.271 e. The Bertz CT molecular complexity index is 619. The molecular weight excluding hydrogens is 244 g/mol. The summed E-state index contributed by atoms with van der Waals surface area (Å²) >= 11 is 0. The van der Waals surface area contributed by atoms with Crippen LogP contribution in [0.4, 0.5) is 0 Å². The molecule has 0 fully saturated rings. The number of aryl methyl sites for hydroxylation is 2. The highest BCUT2D eigenvalue weighted by atomic mass is 15.2. The van der Waals surface area contributed by atoms with Gasteiger partial charge >= 0.3 is 0 Å². The van der Waals surface area contributed by atoms with Crippen LogP contribution >= 0.6 is 0 Å². The van der Waals surface area contributed by atoms with Crippen LogP contribution in [0.3, 0.4) is 0 Å². The molecule has 2 nitrogen and oxygen atoms in total. The fourth-order valence-corrected chi connectivity index (χ4v) is 3.23. The third-order valence-electron chi connectivity index (χ3n) is 4.54. The first kappa shape index (κ1) is 13.3. The van der Waals surface area contributed by atoms with Crippen LogP contribution in [0, 0.1) is 13.8 Å². The summed E-state index contributed by atoms with van der Waals surface area (Å²) in [6, 6.07) is 15.7. The molecule has 0 bridgehead atoms. The van der Waals surface area contributed by atoms with Crippen molar-refractivity contribution in [2.24, 2.45) is 5.84 Å². The van der Waals surface area contributed by atoms with E-state index in [1.165, 1.54) is 27.8 Å². The van der Waals surface area contributed by atoms with E-state index in [-0.39, 0.29) is 0 Å². The normalized spacial score (nSPS) is 18.2. The maximum absolute atomic E-state index is 5.83. The molecule has 3 N–H and O–H groups in total. The molecule has 0 aliphatic heterocycles. The number of hydrazine groups is 1. The molecule has 2 aromatic rings. The monoisotopic (exact) mass is 266 g/mol. The Morgan fingerprint density at radius 3 is 2.75 bits per heavy atom. The van der Waals surface area contributed by atoms with Gasteiger partial charge in [-0.3, -0.25) is 11.3 Å². The summed E-state index contributed by atoms with van der Waals surface area (Å²) in [5, 5.41) is 0. The van der Waals surface area contributed by atoms with Gasteiger partial charge in [0.15, 0.2) is 0 Å². The molecule has 2 heteroatoms. The van der Waals surface area contributed by atoms with Crippen molar-refractivity contribution in [3.8, 4) is 0 Å². The van der Waals surface area contributed by atoms with E-state index >= 15 is 0 Å². The van der Waals surface area contributed by atoms with Crippen molar-refractivity contribution in [3.05, 3.63) is 70.3 Å². The SMILES string of the molecule is Cc1ccc(C)c(CC(NN)C2Cc3ccccc32)c1. The number of hydrogen-bond acceptors (Lipinski definition) is 2. The lowest BCUT2D eigenvalue weighted by atomic mass is 9.72. The van der Waals surface area contributed by atoms with Crippen LogP contribution in [0.1, 0.15) is 33.7 Å². The van der Waals surface area contributed by atoms with E-state index in [2.05, 4.69) is 61.7 Å². The average Bonchev–Trinajstić information content (AvgIpc) is 2.43. The van der Waals surface area contributed by atoms with Crippen LogP contribution in [0.5, 0.6) is 0 Å². The number of nitrogens with one attached hydrogen (secondary N) is 1. The predicted molar refractivity (Wildman–Crippen MR) is 83.6 cm³/mol. The van der Waals surface area contributed by atoms with Crippen LogP contribution in [0.2, 0.25) is 0 Å². The third kappa shape index (κ3) is 2.37. The van der Waals surface area contributed by atoms with Crippen LogP contribution < -0.4 is 11.3 Å². The maximum Gasteiger partial charge on any atom is 0.0322 e. The summed E-state index contributed by atoms with van der Waals surface area (Å²) in [6.45, 7) is 4.32. The van der Waals surface area contributed by atoms with Crippen molar-refractivity contribution < 1.29 is 0 Å². The molecule has 0 amide bonds. The summed E-state index contributed by atoms with van der Waals surface area (Å²) in [4.78, 5) is 0. The largest absolute Gasteiger partial charge is 0.271 e. The molecule has 3 rings (SSSR count). The topological polar surface area (TPSA) is 38.0 Å². The van der Waals surface area contributed by atoms with Crippen molar-refractivity contribution >= 4 is 0 Å². The number of benzene rings is 2. The minimum absolute atomic E-state index is 0.311. The summed E-state index contributed by atoms with van der Waals surface area (Å²) in [5.41, 5.74) is 10.0. The molecule has 0 saturated carbocycles. The van der Waals surface area contributed by atoms with Gasteiger partial charge in [0.1, 0.15) is 0 Å². The van der Waals surface area contributed by atoms with Gasteiger partial charge in [-0.1, -0.05) is 48.0 Å². The lowest BCUT2D eigenvalue weighted by Gasteiger charge is -2.36. The first-order valence-corrected chi connectivity index (χ1v) is 7.29. The van der Waals surface area contributed by atoms with Crippen LogP contribution in [0.15, 0.2) is 42.5 Å². The Balaban J connectivity index is 1.81. The lowest BCUT2D eigenvalue weighted by molar-refractivity contribution is 0.403. The molecule has 0 radical (unpaired) electrons. The molecule has 2 unspecified atom stereocenters. The van der Waals surface area contributed by atoms with E-state index in [1.807, 2.05) is 0 Å². The van der Waals surface area contributed by atoms with E-state index in [0.717, 1.165) is 12.8 Å². The van der Waals surface area contributed by atoms with Gasteiger partial charge in [-0.2, -0.15) is 0 Å². The predicted octanol–water partition coefficient (Wildman–Crippen LogP) is 3.02. The molecule has 1 aliphatic carbocycles. The van der Waals surface area contributed by atoms with Gasteiger partial charge < -0.3 is 0 Å². The lowest BCUT2D eigenvalue weighted by Crippen LogP contribution is -2.45. The van der Waals surface area contributed by atoms with Crippen molar-refractivity contribution in [3.63, 3.8) is 0 Å². The maximum atomic E-state index is 5.83. The standard InChI is InChI=1S/C18H22N2/c1-12-7-8-13(2)15(9-12)11-18(20-19)17-10-14-5-3-4-6-16(14)17/h3-9,17-18,20H,10-11,19H2,1-2H3. The van der Waals surface area contributed by atoms with Crippen molar-refractivity contribution in [2.75, 3.05) is 0 Å². The number of nitrogens with two attached hydrogens (primary N) is 1. The first-order chi connectivity index (χ1) is 9.69. The summed E-state index contributed by atoms with van der Waals surface area (Å²) in [5.74, 6) is 6.36. The van der Waals surface area contributed by atoms with E-state index in [0.29, 0.717) is 12.0 Å². The molecular formula is C18H22N2. The Morgan fingerprint density at radius 2 is 2.00 bits per heavy atom. The van der Waals surface area contributed by atoms with Gasteiger partial charge in [0, 0.05) is 12.0 Å². The van der Waals surface area contributed by atoms with E-state index < -0.39 is 0 Å². The second-order valence-corrected chi connectivity index (χ2v) is 5.92. The van der Waals surface area contributed by atoms with Crippen LogP contribution in [-0.4, -0.2) is 6.04 Å². The quantitative estimate of drug-likeness (QED) is 0.659.